The second-order valence-corrected chi connectivity index (χ2v) is 7.69. The molecule has 0 unspecified atom stereocenters. The van der Waals surface area contributed by atoms with Gasteiger partial charge in [-0.05, 0) is 48.9 Å². The average Bonchev–Trinajstić information content (AvgIpc) is 3.22. The molecular formula is C22H24FN5O3S. The van der Waals surface area contributed by atoms with Gasteiger partial charge in [-0.1, -0.05) is 23.9 Å². The monoisotopic (exact) mass is 457 g/mol. The molecule has 2 amide bonds. The van der Waals surface area contributed by atoms with Crippen molar-refractivity contribution in [2.45, 2.75) is 31.7 Å². The Morgan fingerprint density at radius 2 is 1.75 bits per heavy atom. The van der Waals surface area contributed by atoms with Crippen LogP contribution in [0, 0.1) is 5.82 Å². The molecule has 1 aromatic heterocycles. The number of rotatable bonds is 10. The molecule has 0 saturated heterocycles. The molecule has 0 spiro atoms. The number of nitrogens with zero attached hydrogens (tertiary/aromatic N) is 3. The van der Waals surface area contributed by atoms with Gasteiger partial charge in [-0.2, -0.15) is 0 Å². The average molecular weight is 458 g/mol. The summed E-state index contributed by atoms with van der Waals surface area (Å²) in [4.78, 5) is 24.5. The predicted octanol–water partition coefficient (Wildman–Crippen LogP) is 2.78. The number of hydrogen-bond acceptors (Lipinski definition) is 6. The molecule has 168 valence electrons. The Bertz CT molecular complexity index is 1050. The largest absolute Gasteiger partial charge is 0.497 e. The maximum Gasteiger partial charge on any atom is 0.251 e. The Balaban J connectivity index is 1.50. The first-order valence-corrected chi connectivity index (χ1v) is 11.0. The van der Waals surface area contributed by atoms with Crippen molar-refractivity contribution in [2.24, 2.45) is 0 Å². The minimum absolute atomic E-state index is 0.164. The SMILES string of the molecule is CCn1c(CNC(=O)c2ccc(OC)cc2)nnc1SCC(=O)NCc1ccc(F)cc1. The molecule has 0 atom stereocenters. The topological polar surface area (TPSA) is 98.1 Å². The lowest BCUT2D eigenvalue weighted by molar-refractivity contribution is -0.118. The zero-order chi connectivity index (χ0) is 22.9. The van der Waals surface area contributed by atoms with Gasteiger partial charge >= 0.3 is 0 Å². The van der Waals surface area contributed by atoms with Gasteiger partial charge in [0.05, 0.1) is 19.4 Å². The van der Waals surface area contributed by atoms with E-state index < -0.39 is 0 Å². The Kier molecular flexibility index (Phi) is 8.20. The van der Waals surface area contributed by atoms with Crippen molar-refractivity contribution < 1.29 is 18.7 Å². The van der Waals surface area contributed by atoms with Crippen LogP contribution >= 0.6 is 11.8 Å². The van der Waals surface area contributed by atoms with Crippen LogP contribution in [0.25, 0.3) is 0 Å². The van der Waals surface area contributed by atoms with E-state index in [1.807, 2.05) is 11.5 Å². The van der Waals surface area contributed by atoms with Crippen LogP contribution in [0.1, 0.15) is 28.7 Å². The third-order valence-electron chi connectivity index (χ3n) is 4.60. The number of halogens is 1. The number of amides is 2. The van der Waals surface area contributed by atoms with Gasteiger partial charge in [0.2, 0.25) is 5.91 Å². The smallest absolute Gasteiger partial charge is 0.251 e. The van der Waals surface area contributed by atoms with E-state index in [1.54, 1.807) is 43.5 Å². The third kappa shape index (κ3) is 6.30. The lowest BCUT2D eigenvalue weighted by Gasteiger charge is -2.09. The standard InChI is InChI=1S/C22H24FN5O3S/c1-3-28-19(13-25-21(30)16-6-10-18(31-2)11-7-16)26-27-22(28)32-14-20(29)24-12-15-4-8-17(23)9-5-15/h4-11H,3,12-14H2,1-2H3,(H,24,29)(H,25,30). The molecule has 0 bridgehead atoms. The third-order valence-corrected chi connectivity index (χ3v) is 5.57. The molecule has 0 saturated carbocycles. The summed E-state index contributed by atoms with van der Waals surface area (Å²) in [5.41, 5.74) is 1.33. The maximum absolute atomic E-state index is 12.9. The molecule has 32 heavy (non-hydrogen) atoms. The Morgan fingerprint density at radius 3 is 2.41 bits per heavy atom. The van der Waals surface area contributed by atoms with Crippen LogP contribution in [0.2, 0.25) is 0 Å². The van der Waals surface area contributed by atoms with Crippen molar-refractivity contribution in [2.75, 3.05) is 12.9 Å². The molecule has 1 heterocycles. The fourth-order valence-corrected chi connectivity index (χ4v) is 3.71. The molecule has 0 radical (unpaired) electrons. The summed E-state index contributed by atoms with van der Waals surface area (Å²) >= 11 is 1.26. The molecule has 2 aromatic carbocycles. The quantitative estimate of drug-likeness (QED) is 0.455. The van der Waals surface area contributed by atoms with Crippen LogP contribution in [0.15, 0.2) is 53.7 Å². The van der Waals surface area contributed by atoms with Gasteiger partial charge in [-0.3, -0.25) is 9.59 Å². The van der Waals surface area contributed by atoms with E-state index in [4.69, 9.17) is 4.74 Å². The van der Waals surface area contributed by atoms with Gasteiger partial charge in [0.1, 0.15) is 11.6 Å². The predicted molar refractivity (Wildman–Crippen MR) is 119 cm³/mol. The summed E-state index contributed by atoms with van der Waals surface area (Å²) in [5, 5.41) is 14.5. The Labute approximate surface area is 189 Å². The molecule has 8 nitrogen and oxygen atoms in total. The summed E-state index contributed by atoms with van der Waals surface area (Å²) in [7, 11) is 1.57. The fraction of sp³-hybridized carbons (Fsp3) is 0.273. The lowest BCUT2D eigenvalue weighted by Crippen LogP contribution is -2.25. The first kappa shape index (κ1) is 23.3. The van der Waals surface area contributed by atoms with E-state index in [0.29, 0.717) is 35.4 Å². The number of benzene rings is 2. The van der Waals surface area contributed by atoms with Crippen molar-refractivity contribution in [3.63, 3.8) is 0 Å². The first-order valence-electron chi connectivity index (χ1n) is 9.98. The highest BCUT2D eigenvalue weighted by Gasteiger charge is 2.14. The molecule has 2 N–H and O–H groups in total. The van der Waals surface area contributed by atoms with Crippen LogP contribution in [-0.2, 0) is 24.4 Å². The van der Waals surface area contributed by atoms with Gasteiger partial charge in [0.15, 0.2) is 11.0 Å². The van der Waals surface area contributed by atoms with Crippen molar-refractivity contribution in [1.82, 2.24) is 25.4 Å². The number of hydrogen-bond donors (Lipinski definition) is 2. The van der Waals surface area contributed by atoms with E-state index in [0.717, 1.165) is 5.56 Å². The van der Waals surface area contributed by atoms with E-state index >= 15 is 0 Å². The fourth-order valence-electron chi connectivity index (χ4n) is 2.86. The highest BCUT2D eigenvalue weighted by atomic mass is 32.2. The van der Waals surface area contributed by atoms with E-state index in [1.165, 1.54) is 23.9 Å². The zero-order valence-electron chi connectivity index (χ0n) is 17.8. The second-order valence-electron chi connectivity index (χ2n) is 6.75. The van der Waals surface area contributed by atoms with Gasteiger partial charge in [0.25, 0.3) is 5.91 Å². The van der Waals surface area contributed by atoms with E-state index in [-0.39, 0.29) is 29.9 Å². The Morgan fingerprint density at radius 1 is 1.03 bits per heavy atom. The van der Waals surface area contributed by atoms with Crippen molar-refractivity contribution in [1.29, 1.82) is 0 Å². The van der Waals surface area contributed by atoms with Crippen LogP contribution < -0.4 is 15.4 Å². The molecule has 0 aliphatic heterocycles. The maximum atomic E-state index is 12.9. The van der Waals surface area contributed by atoms with Crippen molar-refractivity contribution in [3.05, 3.63) is 71.3 Å². The van der Waals surface area contributed by atoms with Crippen LogP contribution in [-0.4, -0.2) is 39.4 Å². The lowest BCUT2D eigenvalue weighted by atomic mass is 10.2. The number of carbonyl (C=O) groups excluding carboxylic acids is 2. The van der Waals surface area contributed by atoms with Crippen molar-refractivity contribution >= 4 is 23.6 Å². The van der Waals surface area contributed by atoms with Gasteiger partial charge in [0, 0.05) is 18.7 Å². The summed E-state index contributed by atoms with van der Waals surface area (Å²) < 4.78 is 19.9. The molecule has 10 heteroatoms. The van der Waals surface area contributed by atoms with Crippen LogP contribution in [0.4, 0.5) is 4.39 Å². The number of thioether (sulfide) groups is 1. The molecular weight excluding hydrogens is 433 g/mol. The van der Waals surface area contributed by atoms with E-state index in [2.05, 4.69) is 20.8 Å². The molecule has 3 aromatic rings. The highest BCUT2D eigenvalue weighted by molar-refractivity contribution is 7.99. The van der Waals surface area contributed by atoms with Gasteiger partial charge in [-0.25, -0.2) is 4.39 Å². The Hall–Kier alpha value is -3.40. The first-order chi connectivity index (χ1) is 15.5. The molecule has 3 rings (SSSR count). The van der Waals surface area contributed by atoms with Crippen molar-refractivity contribution in [3.8, 4) is 5.75 Å². The number of nitrogens with one attached hydrogen (secondary N) is 2. The molecule has 0 fully saturated rings. The molecule has 0 aliphatic carbocycles. The van der Waals surface area contributed by atoms with Crippen LogP contribution in [0.3, 0.4) is 0 Å². The molecule has 0 aliphatic rings. The van der Waals surface area contributed by atoms with Gasteiger partial charge in [-0.15, -0.1) is 10.2 Å². The summed E-state index contributed by atoms with van der Waals surface area (Å²) in [6, 6.07) is 12.8. The summed E-state index contributed by atoms with van der Waals surface area (Å²) in [6.45, 7) is 3.07. The summed E-state index contributed by atoms with van der Waals surface area (Å²) in [6.07, 6.45) is 0. The summed E-state index contributed by atoms with van der Waals surface area (Å²) in [5.74, 6) is 0.731. The van der Waals surface area contributed by atoms with Gasteiger partial charge < -0.3 is 19.9 Å². The van der Waals surface area contributed by atoms with E-state index in [9.17, 15) is 14.0 Å². The number of aromatic nitrogens is 3. The highest BCUT2D eigenvalue weighted by Crippen LogP contribution is 2.17. The minimum atomic E-state index is -0.314. The second kappa shape index (κ2) is 11.3. The number of methoxy groups -OCH3 is 1. The zero-order valence-corrected chi connectivity index (χ0v) is 18.6. The number of ether oxygens (including phenoxy) is 1. The van der Waals surface area contributed by atoms with Crippen LogP contribution in [0.5, 0.6) is 5.75 Å². The number of carbonyl (C=O) groups is 2. The minimum Gasteiger partial charge on any atom is -0.497 e. The normalized spacial score (nSPS) is 10.6.